The Labute approximate surface area is 196 Å². The van der Waals surface area contributed by atoms with Crippen LogP contribution in [-0.4, -0.2) is 37.1 Å². The lowest BCUT2D eigenvalue weighted by Crippen LogP contribution is -2.37. The summed E-state index contributed by atoms with van der Waals surface area (Å²) >= 11 is 1.34. The van der Waals surface area contributed by atoms with Gasteiger partial charge in [-0.05, 0) is 37.6 Å². The van der Waals surface area contributed by atoms with E-state index in [4.69, 9.17) is 0 Å². The van der Waals surface area contributed by atoms with Crippen LogP contribution in [0.15, 0.2) is 84.0 Å². The first-order valence-electron chi connectivity index (χ1n) is 10.6. The number of carbonyl (C=O) groups is 1. The van der Waals surface area contributed by atoms with Crippen LogP contribution in [-0.2, 0) is 11.3 Å². The minimum atomic E-state index is -0.429. The van der Waals surface area contributed by atoms with Gasteiger partial charge >= 0.3 is 0 Å². The van der Waals surface area contributed by atoms with Gasteiger partial charge < -0.3 is 4.90 Å². The average Bonchev–Trinajstić information content (AvgIpc) is 3.19. The molecule has 0 saturated carbocycles. The number of carbonyl (C=O) groups excluding carboxylic acids is 1. The molecule has 1 aromatic heterocycles. The van der Waals surface area contributed by atoms with Crippen molar-refractivity contribution in [1.29, 1.82) is 0 Å². The van der Waals surface area contributed by atoms with Crippen molar-refractivity contribution in [3.8, 4) is 5.69 Å². The standard InChI is InChI=1S/C25H24N4O3S/c1-18(2)27(16-19-9-5-3-6-10-19)24(30)17-33-25-26-22-15-21(29(31)32)13-14-23(22)28(25)20-11-7-4-8-12-20/h3-15,18H,16-17H2,1-2H3. The lowest BCUT2D eigenvalue weighted by molar-refractivity contribution is -0.384. The summed E-state index contributed by atoms with van der Waals surface area (Å²) in [5.41, 5.74) is 3.23. The third kappa shape index (κ3) is 5.06. The van der Waals surface area contributed by atoms with Gasteiger partial charge in [0.25, 0.3) is 5.69 Å². The van der Waals surface area contributed by atoms with E-state index in [1.54, 1.807) is 6.07 Å². The number of nitro benzene ring substituents is 1. The van der Waals surface area contributed by atoms with E-state index in [0.717, 1.165) is 16.8 Å². The van der Waals surface area contributed by atoms with Gasteiger partial charge in [0, 0.05) is 30.4 Å². The monoisotopic (exact) mass is 460 g/mol. The van der Waals surface area contributed by atoms with Crippen molar-refractivity contribution >= 4 is 34.4 Å². The molecule has 0 unspecified atom stereocenters. The maximum atomic E-state index is 13.1. The van der Waals surface area contributed by atoms with Gasteiger partial charge in [0.2, 0.25) is 5.91 Å². The molecule has 0 fully saturated rings. The van der Waals surface area contributed by atoms with Gasteiger partial charge in [0.1, 0.15) is 0 Å². The number of fused-ring (bicyclic) bond motifs is 1. The van der Waals surface area contributed by atoms with Crippen LogP contribution in [0, 0.1) is 10.1 Å². The van der Waals surface area contributed by atoms with Crippen LogP contribution in [0.3, 0.4) is 0 Å². The fourth-order valence-corrected chi connectivity index (χ4v) is 4.55. The molecule has 0 bridgehead atoms. The molecule has 33 heavy (non-hydrogen) atoms. The second-order valence-electron chi connectivity index (χ2n) is 7.89. The predicted octanol–water partition coefficient (Wildman–Crippen LogP) is 5.46. The zero-order valence-electron chi connectivity index (χ0n) is 18.4. The van der Waals surface area contributed by atoms with Crippen LogP contribution < -0.4 is 0 Å². The molecular weight excluding hydrogens is 436 g/mol. The molecule has 8 heteroatoms. The van der Waals surface area contributed by atoms with Crippen molar-refractivity contribution in [2.24, 2.45) is 0 Å². The zero-order chi connectivity index (χ0) is 23.4. The maximum absolute atomic E-state index is 13.1. The molecule has 7 nitrogen and oxygen atoms in total. The number of rotatable bonds is 8. The van der Waals surface area contributed by atoms with E-state index in [2.05, 4.69) is 4.98 Å². The van der Waals surface area contributed by atoms with Gasteiger partial charge in [-0.1, -0.05) is 60.3 Å². The Balaban J connectivity index is 1.63. The van der Waals surface area contributed by atoms with E-state index in [9.17, 15) is 14.9 Å². The molecule has 4 rings (SSSR count). The molecule has 0 atom stereocenters. The second kappa shape index (κ2) is 9.87. The van der Waals surface area contributed by atoms with Crippen molar-refractivity contribution in [3.63, 3.8) is 0 Å². The largest absolute Gasteiger partial charge is 0.335 e. The Hall–Kier alpha value is -3.65. The quantitative estimate of drug-likeness (QED) is 0.198. The number of imidazole rings is 1. The van der Waals surface area contributed by atoms with Crippen LogP contribution in [0.2, 0.25) is 0 Å². The minimum absolute atomic E-state index is 0.0106. The fraction of sp³-hybridized carbons (Fsp3) is 0.200. The summed E-state index contributed by atoms with van der Waals surface area (Å²) in [5, 5.41) is 11.8. The van der Waals surface area contributed by atoms with Crippen LogP contribution in [0.1, 0.15) is 19.4 Å². The van der Waals surface area contributed by atoms with Gasteiger partial charge in [0.15, 0.2) is 5.16 Å². The molecule has 168 valence electrons. The van der Waals surface area contributed by atoms with Crippen LogP contribution in [0.5, 0.6) is 0 Å². The van der Waals surface area contributed by atoms with Gasteiger partial charge in [-0.25, -0.2) is 4.98 Å². The Morgan fingerprint density at radius 3 is 2.36 bits per heavy atom. The number of non-ortho nitro benzene ring substituents is 1. The number of nitrogens with zero attached hydrogens (tertiary/aromatic N) is 4. The van der Waals surface area contributed by atoms with Crippen LogP contribution in [0.25, 0.3) is 16.7 Å². The lowest BCUT2D eigenvalue weighted by atomic mass is 10.2. The highest BCUT2D eigenvalue weighted by Crippen LogP contribution is 2.30. The third-order valence-corrected chi connectivity index (χ3v) is 6.22. The molecule has 0 radical (unpaired) electrons. The van der Waals surface area contributed by atoms with E-state index in [-0.39, 0.29) is 23.4 Å². The Kier molecular flexibility index (Phi) is 6.74. The average molecular weight is 461 g/mol. The molecule has 4 aromatic rings. The fourth-order valence-electron chi connectivity index (χ4n) is 3.63. The third-order valence-electron chi connectivity index (χ3n) is 5.30. The molecule has 3 aromatic carbocycles. The molecule has 0 aliphatic heterocycles. The summed E-state index contributed by atoms with van der Waals surface area (Å²) in [5.74, 6) is 0.222. The van der Waals surface area contributed by atoms with Crippen LogP contribution in [0.4, 0.5) is 5.69 Å². The predicted molar refractivity (Wildman–Crippen MR) is 131 cm³/mol. The summed E-state index contributed by atoms with van der Waals surface area (Å²) in [4.78, 5) is 30.4. The van der Waals surface area contributed by atoms with E-state index < -0.39 is 4.92 Å². The molecule has 0 aliphatic carbocycles. The topological polar surface area (TPSA) is 81.3 Å². The van der Waals surface area contributed by atoms with Crippen molar-refractivity contribution in [2.45, 2.75) is 31.6 Å². The van der Waals surface area contributed by atoms with Crippen molar-refractivity contribution in [1.82, 2.24) is 14.5 Å². The molecule has 0 spiro atoms. The molecule has 0 N–H and O–H groups in total. The highest BCUT2D eigenvalue weighted by molar-refractivity contribution is 7.99. The summed E-state index contributed by atoms with van der Waals surface area (Å²) in [6.07, 6.45) is 0. The number of thioether (sulfide) groups is 1. The first-order valence-corrected chi connectivity index (χ1v) is 11.6. The number of para-hydroxylation sites is 1. The summed E-state index contributed by atoms with van der Waals surface area (Å²) in [6, 6.07) is 24.3. The number of amides is 1. The number of nitro groups is 1. The highest BCUT2D eigenvalue weighted by Gasteiger charge is 2.21. The highest BCUT2D eigenvalue weighted by atomic mass is 32.2. The van der Waals surface area contributed by atoms with E-state index >= 15 is 0 Å². The van der Waals surface area contributed by atoms with Crippen LogP contribution >= 0.6 is 11.8 Å². The Morgan fingerprint density at radius 1 is 1.06 bits per heavy atom. The minimum Gasteiger partial charge on any atom is -0.335 e. The smallest absolute Gasteiger partial charge is 0.271 e. The molecule has 0 saturated heterocycles. The van der Waals surface area contributed by atoms with Gasteiger partial charge in [0.05, 0.1) is 21.7 Å². The van der Waals surface area contributed by atoms with Crippen molar-refractivity contribution < 1.29 is 9.72 Å². The first-order chi connectivity index (χ1) is 15.9. The molecule has 1 heterocycles. The van der Waals surface area contributed by atoms with Gasteiger partial charge in [-0.15, -0.1) is 0 Å². The van der Waals surface area contributed by atoms with Gasteiger partial charge in [-0.2, -0.15) is 0 Å². The van der Waals surface area contributed by atoms with E-state index in [1.807, 2.05) is 84.0 Å². The number of hydrogen-bond donors (Lipinski definition) is 0. The number of benzene rings is 3. The van der Waals surface area contributed by atoms with Crippen molar-refractivity contribution in [3.05, 3.63) is 94.5 Å². The molecular formula is C25H24N4O3S. The summed E-state index contributed by atoms with van der Waals surface area (Å²) in [7, 11) is 0. The van der Waals surface area contributed by atoms with E-state index in [0.29, 0.717) is 17.2 Å². The lowest BCUT2D eigenvalue weighted by Gasteiger charge is -2.27. The zero-order valence-corrected chi connectivity index (χ0v) is 19.2. The van der Waals surface area contributed by atoms with E-state index in [1.165, 1.54) is 23.9 Å². The SMILES string of the molecule is CC(C)N(Cc1ccccc1)C(=O)CSc1nc2cc([N+](=O)[O-])ccc2n1-c1ccccc1. The number of hydrogen-bond acceptors (Lipinski definition) is 5. The maximum Gasteiger partial charge on any atom is 0.271 e. The summed E-state index contributed by atoms with van der Waals surface area (Å²) < 4.78 is 1.94. The van der Waals surface area contributed by atoms with Crippen molar-refractivity contribution in [2.75, 3.05) is 5.75 Å². The Bertz CT molecular complexity index is 1270. The normalized spacial score (nSPS) is 11.1. The second-order valence-corrected chi connectivity index (χ2v) is 8.83. The summed E-state index contributed by atoms with van der Waals surface area (Å²) in [6.45, 7) is 4.55. The van der Waals surface area contributed by atoms with Gasteiger partial charge in [-0.3, -0.25) is 19.5 Å². The Morgan fingerprint density at radius 2 is 1.73 bits per heavy atom. The molecule has 1 amide bonds. The molecule has 0 aliphatic rings. The number of aromatic nitrogens is 2. The first kappa shape index (κ1) is 22.5.